The van der Waals surface area contributed by atoms with Gasteiger partial charge in [-0.15, -0.1) is 0 Å². The highest BCUT2D eigenvalue weighted by atomic mass is 19.1. The third-order valence-electron chi connectivity index (χ3n) is 3.01. The highest BCUT2D eigenvalue weighted by Gasteiger charge is 2.20. The van der Waals surface area contributed by atoms with Crippen LogP contribution < -0.4 is 0 Å². The molecule has 1 saturated heterocycles. The fraction of sp³-hybridized carbons (Fsp3) is 0.286. The van der Waals surface area contributed by atoms with Crippen LogP contribution in [0.3, 0.4) is 0 Å². The van der Waals surface area contributed by atoms with Crippen LogP contribution in [0, 0.1) is 5.82 Å². The molecule has 1 aromatic carbocycles. The zero-order valence-electron chi connectivity index (χ0n) is 10.3. The first-order valence-corrected chi connectivity index (χ1v) is 6.03. The highest BCUT2D eigenvalue weighted by molar-refractivity contribution is 5.85. The Morgan fingerprint density at radius 3 is 2.89 bits per heavy atom. The molecule has 1 aliphatic heterocycles. The fourth-order valence-corrected chi connectivity index (χ4v) is 2.07. The first kappa shape index (κ1) is 13.3. The van der Waals surface area contributed by atoms with Gasteiger partial charge in [-0.1, -0.05) is 6.07 Å². The van der Waals surface area contributed by atoms with Crippen LogP contribution in [0.1, 0.15) is 24.0 Å². The first-order valence-electron chi connectivity index (χ1n) is 6.03. The minimum Gasteiger partial charge on any atom is -0.478 e. The number of aliphatic carboxylic acids is 1. The third kappa shape index (κ3) is 3.40. The monoisotopic (exact) mass is 263 g/mol. The van der Waals surface area contributed by atoms with Crippen molar-refractivity contribution < 1.29 is 19.1 Å². The molecule has 1 aliphatic rings. The minimum atomic E-state index is -1.13. The van der Waals surface area contributed by atoms with E-state index in [1.54, 1.807) is 17.0 Å². The van der Waals surface area contributed by atoms with Crippen molar-refractivity contribution in [3.05, 3.63) is 41.2 Å². The second-order valence-electron chi connectivity index (χ2n) is 4.45. The molecular weight excluding hydrogens is 249 g/mol. The maximum Gasteiger partial charge on any atom is 0.328 e. The van der Waals surface area contributed by atoms with Crippen LogP contribution in [0.2, 0.25) is 0 Å². The second kappa shape index (κ2) is 5.65. The summed E-state index contributed by atoms with van der Waals surface area (Å²) < 4.78 is 13.5. The molecule has 0 bridgehead atoms. The van der Waals surface area contributed by atoms with Crippen molar-refractivity contribution in [3.8, 4) is 0 Å². The summed E-state index contributed by atoms with van der Waals surface area (Å²) in [5.74, 6) is -1.50. The molecule has 2 rings (SSSR count). The van der Waals surface area contributed by atoms with Gasteiger partial charge in [0.25, 0.3) is 0 Å². The van der Waals surface area contributed by atoms with Gasteiger partial charge in [-0.2, -0.15) is 0 Å². The fourth-order valence-electron chi connectivity index (χ4n) is 2.07. The highest BCUT2D eigenvalue weighted by Crippen LogP contribution is 2.17. The summed E-state index contributed by atoms with van der Waals surface area (Å²) in [4.78, 5) is 23.7. The van der Waals surface area contributed by atoms with Gasteiger partial charge in [-0.25, -0.2) is 9.18 Å². The van der Waals surface area contributed by atoms with E-state index in [1.165, 1.54) is 12.1 Å². The standard InChI is InChI=1S/C14H14FNO3/c15-12-5-3-10(8-11(12)4-6-14(18)19)9-16-7-1-2-13(16)17/h3-6,8H,1-2,7,9H2,(H,18,19). The first-order chi connectivity index (χ1) is 9.06. The molecule has 19 heavy (non-hydrogen) atoms. The molecule has 0 aliphatic carbocycles. The lowest BCUT2D eigenvalue weighted by molar-refractivity contribution is -0.131. The van der Waals surface area contributed by atoms with Crippen molar-refractivity contribution in [3.63, 3.8) is 0 Å². The summed E-state index contributed by atoms with van der Waals surface area (Å²) in [6, 6.07) is 4.47. The molecule has 1 N–H and O–H groups in total. The van der Waals surface area contributed by atoms with Crippen LogP contribution in [0.15, 0.2) is 24.3 Å². The molecule has 0 aromatic heterocycles. The topological polar surface area (TPSA) is 57.6 Å². The Hall–Kier alpha value is -2.17. The minimum absolute atomic E-state index is 0.104. The Bertz CT molecular complexity index is 539. The molecule has 100 valence electrons. The van der Waals surface area contributed by atoms with E-state index in [4.69, 9.17) is 5.11 Å². The van der Waals surface area contributed by atoms with Gasteiger partial charge in [-0.3, -0.25) is 4.79 Å². The predicted octanol–water partition coefficient (Wildman–Crippen LogP) is 2.05. The molecule has 1 aromatic rings. The summed E-state index contributed by atoms with van der Waals surface area (Å²) in [7, 11) is 0. The molecule has 1 fully saturated rings. The zero-order valence-corrected chi connectivity index (χ0v) is 10.3. The van der Waals surface area contributed by atoms with Crippen molar-refractivity contribution >= 4 is 18.0 Å². The van der Waals surface area contributed by atoms with Crippen molar-refractivity contribution in [2.75, 3.05) is 6.54 Å². The van der Waals surface area contributed by atoms with E-state index in [0.717, 1.165) is 24.6 Å². The van der Waals surface area contributed by atoms with Gasteiger partial charge in [0, 0.05) is 31.1 Å². The van der Waals surface area contributed by atoms with Crippen LogP contribution in [-0.4, -0.2) is 28.4 Å². The number of carboxylic acids is 1. The van der Waals surface area contributed by atoms with Crippen molar-refractivity contribution in [1.82, 2.24) is 4.90 Å². The summed E-state index contributed by atoms with van der Waals surface area (Å²) in [6.07, 6.45) is 3.52. The molecule has 4 nitrogen and oxygen atoms in total. The largest absolute Gasteiger partial charge is 0.478 e. The van der Waals surface area contributed by atoms with Crippen LogP contribution in [0.5, 0.6) is 0 Å². The van der Waals surface area contributed by atoms with E-state index >= 15 is 0 Å². The maximum absolute atomic E-state index is 13.5. The molecule has 0 atom stereocenters. The van der Waals surface area contributed by atoms with Crippen LogP contribution in [0.4, 0.5) is 4.39 Å². The average molecular weight is 263 g/mol. The Kier molecular flexibility index (Phi) is 3.94. The lowest BCUT2D eigenvalue weighted by Crippen LogP contribution is -2.23. The normalized spacial score (nSPS) is 15.4. The van der Waals surface area contributed by atoms with E-state index in [0.29, 0.717) is 13.0 Å². The van der Waals surface area contributed by atoms with Crippen LogP contribution >= 0.6 is 0 Å². The second-order valence-corrected chi connectivity index (χ2v) is 4.45. The molecule has 0 saturated carbocycles. The number of carboxylic acid groups (broad SMARTS) is 1. The van der Waals surface area contributed by atoms with Crippen LogP contribution in [0.25, 0.3) is 6.08 Å². The lowest BCUT2D eigenvalue weighted by atomic mass is 10.1. The van der Waals surface area contributed by atoms with Gasteiger partial charge in [0.15, 0.2) is 0 Å². The number of benzene rings is 1. The molecule has 0 unspecified atom stereocenters. The zero-order chi connectivity index (χ0) is 13.8. The molecule has 0 radical (unpaired) electrons. The molecule has 1 amide bonds. The lowest BCUT2D eigenvalue weighted by Gasteiger charge is -2.15. The Balaban J connectivity index is 2.16. The van der Waals surface area contributed by atoms with Gasteiger partial charge in [0.2, 0.25) is 5.91 Å². The summed E-state index contributed by atoms with van der Waals surface area (Å²) in [5, 5.41) is 8.54. The number of amides is 1. The van der Waals surface area contributed by atoms with E-state index in [-0.39, 0.29) is 11.5 Å². The number of likely N-dealkylation sites (tertiary alicyclic amines) is 1. The number of carbonyl (C=O) groups excluding carboxylic acids is 1. The van der Waals surface area contributed by atoms with Gasteiger partial charge in [0.1, 0.15) is 5.82 Å². The third-order valence-corrected chi connectivity index (χ3v) is 3.01. The Morgan fingerprint density at radius 1 is 1.47 bits per heavy atom. The van der Waals surface area contributed by atoms with Crippen LogP contribution in [-0.2, 0) is 16.1 Å². The molecule has 0 spiro atoms. The van der Waals surface area contributed by atoms with E-state index in [2.05, 4.69) is 0 Å². The van der Waals surface area contributed by atoms with Gasteiger partial charge in [0.05, 0.1) is 0 Å². The van der Waals surface area contributed by atoms with Gasteiger partial charge in [-0.05, 0) is 30.2 Å². The Morgan fingerprint density at radius 2 is 2.26 bits per heavy atom. The molecular formula is C14H14FNO3. The number of hydrogen-bond acceptors (Lipinski definition) is 2. The maximum atomic E-state index is 13.5. The number of nitrogens with zero attached hydrogens (tertiary/aromatic N) is 1. The van der Waals surface area contributed by atoms with Gasteiger partial charge < -0.3 is 10.0 Å². The quantitative estimate of drug-likeness (QED) is 0.846. The smallest absolute Gasteiger partial charge is 0.328 e. The number of carbonyl (C=O) groups is 2. The number of rotatable bonds is 4. The summed E-state index contributed by atoms with van der Waals surface area (Å²) in [5.41, 5.74) is 1.01. The molecule has 1 heterocycles. The van der Waals surface area contributed by atoms with E-state index < -0.39 is 11.8 Å². The van der Waals surface area contributed by atoms with E-state index in [9.17, 15) is 14.0 Å². The average Bonchev–Trinajstić information content (AvgIpc) is 2.75. The predicted molar refractivity (Wildman–Crippen MR) is 67.7 cm³/mol. The Labute approximate surface area is 110 Å². The van der Waals surface area contributed by atoms with Gasteiger partial charge >= 0.3 is 5.97 Å². The van der Waals surface area contributed by atoms with Crippen molar-refractivity contribution in [1.29, 1.82) is 0 Å². The number of halogens is 1. The SMILES string of the molecule is O=C(O)C=Cc1cc(CN2CCCC2=O)ccc1F. The van der Waals surface area contributed by atoms with Crippen molar-refractivity contribution in [2.45, 2.75) is 19.4 Å². The summed E-state index contributed by atoms with van der Waals surface area (Å²) >= 11 is 0. The molecule has 5 heteroatoms. The van der Waals surface area contributed by atoms with Crippen molar-refractivity contribution in [2.24, 2.45) is 0 Å². The number of hydrogen-bond donors (Lipinski definition) is 1. The van der Waals surface area contributed by atoms with E-state index in [1.807, 2.05) is 0 Å². The summed E-state index contributed by atoms with van der Waals surface area (Å²) in [6.45, 7) is 1.16.